The molecule has 0 N–H and O–H groups in total. The van der Waals surface area contributed by atoms with Gasteiger partial charge in [0.15, 0.2) is 5.78 Å². The van der Waals surface area contributed by atoms with Gasteiger partial charge in [-0.1, -0.05) is 0 Å². The van der Waals surface area contributed by atoms with E-state index in [0.717, 1.165) is 24.8 Å². The van der Waals surface area contributed by atoms with Crippen molar-refractivity contribution in [2.45, 2.75) is 19.3 Å². The fourth-order valence-corrected chi connectivity index (χ4v) is 1.19. The van der Waals surface area contributed by atoms with Gasteiger partial charge in [0.1, 0.15) is 0 Å². The Labute approximate surface area is 73.6 Å². The van der Waals surface area contributed by atoms with Gasteiger partial charge in [0.05, 0.1) is 0 Å². The molecule has 0 spiro atoms. The highest BCUT2D eigenvalue weighted by atomic mass is 16.1. The quantitative estimate of drug-likeness (QED) is 0.621. The molecule has 0 aliphatic heterocycles. The van der Waals surface area contributed by atoms with Crippen LogP contribution in [0.4, 0.5) is 0 Å². The third-order valence-corrected chi connectivity index (χ3v) is 1.82. The topological polar surface area (TPSA) is 20.3 Å². The van der Waals surface area contributed by atoms with Gasteiger partial charge in [0.25, 0.3) is 0 Å². The predicted molar refractivity (Wildman–Crippen MR) is 49.8 cm³/mol. The smallest absolute Gasteiger partial charge is 0.155 e. The van der Waals surface area contributed by atoms with Crippen molar-refractivity contribution in [2.24, 2.45) is 0 Å². The van der Waals surface area contributed by atoms with Gasteiger partial charge in [0, 0.05) is 20.5 Å². The van der Waals surface area contributed by atoms with Crippen LogP contribution in [0, 0.1) is 0 Å². The second-order valence-corrected chi connectivity index (χ2v) is 3.32. The van der Waals surface area contributed by atoms with Gasteiger partial charge < -0.3 is 4.90 Å². The van der Waals surface area contributed by atoms with Gasteiger partial charge in [-0.15, -0.1) is 0 Å². The summed E-state index contributed by atoms with van der Waals surface area (Å²) < 4.78 is 0. The first-order valence-electron chi connectivity index (χ1n) is 4.26. The highest BCUT2D eigenvalue weighted by Crippen LogP contribution is 2.15. The van der Waals surface area contributed by atoms with Gasteiger partial charge in [-0.3, -0.25) is 4.79 Å². The first-order valence-corrected chi connectivity index (χ1v) is 4.26. The average Bonchev–Trinajstić information content (AvgIpc) is 2.01. The van der Waals surface area contributed by atoms with E-state index in [-0.39, 0.29) is 5.78 Å². The van der Waals surface area contributed by atoms with Crippen LogP contribution < -0.4 is 0 Å². The molecule has 0 amide bonds. The van der Waals surface area contributed by atoms with Gasteiger partial charge in [-0.2, -0.15) is 0 Å². The zero-order valence-corrected chi connectivity index (χ0v) is 7.71. The van der Waals surface area contributed by atoms with Crippen molar-refractivity contribution in [3.63, 3.8) is 0 Å². The van der Waals surface area contributed by atoms with Crippen LogP contribution in [0.3, 0.4) is 0 Å². The minimum Gasteiger partial charge on any atom is -0.383 e. The van der Waals surface area contributed by atoms with Gasteiger partial charge in [-0.25, -0.2) is 0 Å². The molecule has 2 heteroatoms. The average molecular weight is 165 g/mol. The van der Waals surface area contributed by atoms with E-state index in [1.165, 1.54) is 0 Å². The van der Waals surface area contributed by atoms with Gasteiger partial charge >= 0.3 is 0 Å². The monoisotopic (exact) mass is 165 g/mol. The molecule has 0 radical (unpaired) electrons. The van der Waals surface area contributed by atoms with E-state index in [1.54, 1.807) is 6.08 Å². The zero-order chi connectivity index (χ0) is 8.97. The maximum absolute atomic E-state index is 11.0. The van der Waals surface area contributed by atoms with Crippen molar-refractivity contribution < 1.29 is 4.79 Å². The third-order valence-electron chi connectivity index (χ3n) is 1.82. The Balaban J connectivity index is 2.57. The molecule has 0 aromatic carbocycles. The SMILES string of the molecule is CN(C)C=CC1=CC(=O)CCC1. The van der Waals surface area contributed by atoms with Crippen molar-refractivity contribution in [1.29, 1.82) is 0 Å². The Morgan fingerprint density at radius 2 is 2.17 bits per heavy atom. The van der Waals surface area contributed by atoms with Crippen molar-refractivity contribution in [2.75, 3.05) is 14.1 Å². The lowest BCUT2D eigenvalue weighted by Crippen LogP contribution is -2.03. The summed E-state index contributed by atoms with van der Waals surface area (Å²) in [5, 5.41) is 0. The molecule has 0 saturated carbocycles. The van der Waals surface area contributed by atoms with Gasteiger partial charge in [-0.05, 0) is 36.8 Å². The summed E-state index contributed by atoms with van der Waals surface area (Å²) in [7, 11) is 3.95. The largest absolute Gasteiger partial charge is 0.383 e. The number of ketones is 1. The first-order chi connectivity index (χ1) is 5.68. The Hall–Kier alpha value is -1.05. The molecule has 0 atom stereocenters. The molecule has 0 fully saturated rings. The molecule has 1 aliphatic carbocycles. The van der Waals surface area contributed by atoms with Crippen LogP contribution >= 0.6 is 0 Å². The maximum Gasteiger partial charge on any atom is 0.155 e. The number of carbonyl (C=O) groups is 1. The molecule has 2 nitrogen and oxygen atoms in total. The summed E-state index contributed by atoms with van der Waals surface area (Å²) in [5.74, 6) is 0.264. The van der Waals surface area contributed by atoms with E-state index in [4.69, 9.17) is 0 Å². The summed E-state index contributed by atoms with van der Waals surface area (Å²) in [6.45, 7) is 0. The Bertz CT molecular complexity index is 226. The van der Waals surface area contributed by atoms with Crippen LogP contribution in [-0.4, -0.2) is 24.8 Å². The van der Waals surface area contributed by atoms with Crippen LogP contribution in [0.2, 0.25) is 0 Å². The van der Waals surface area contributed by atoms with E-state index in [0.29, 0.717) is 0 Å². The minimum atomic E-state index is 0.264. The van der Waals surface area contributed by atoms with E-state index in [2.05, 4.69) is 0 Å². The van der Waals surface area contributed by atoms with E-state index < -0.39 is 0 Å². The lowest BCUT2D eigenvalue weighted by Gasteiger charge is -2.09. The molecule has 1 rings (SSSR count). The van der Waals surface area contributed by atoms with Crippen LogP contribution in [0.5, 0.6) is 0 Å². The lowest BCUT2D eigenvalue weighted by molar-refractivity contribution is -0.115. The summed E-state index contributed by atoms with van der Waals surface area (Å²) in [4.78, 5) is 13.0. The highest BCUT2D eigenvalue weighted by Gasteiger charge is 2.06. The standard InChI is InChI=1S/C10H15NO/c1-11(2)7-6-9-4-3-5-10(12)8-9/h6-8H,3-5H2,1-2H3. The van der Waals surface area contributed by atoms with Crippen molar-refractivity contribution in [3.05, 3.63) is 23.9 Å². The van der Waals surface area contributed by atoms with Crippen LogP contribution in [-0.2, 0) is 4.79 Å². The number of hydrogen-bond acceptors (Lipinski definition) is 2. The second-order valence-electron chi connectivity index (χ2n) is 3.32. The Kier molecular flexibility index (Phi) is 3.09. The Morgan fingerprint density at radius 3 is 2.75 bits per heavy atom. The van der Waals surface area contributed by atoms with Gasteiger partial charge in [0.2, 0.25) is 0 Å². The van der Waals surface area contributed by atoms with E-state index in [9.17, 15) is 4.79 Å². The molecule has 0 aromatic rings. The molecule has 0 saturated heterocycles. The van der Waals surface area contributed by atoms with Crippen molar-refractivity contribution in [1.82, 2.24) is 4.90 Å². The molecule has 12 heavy (non-hydrogen) atoms. The minimum absolute atomic E-state index is 0.264. The second kappa shape index (κ2) is 4.10. The number of carbonyl (C=O) groups excluding carboxylic acids is 1. The molecule has 0 bridgehead atoms. The lowest BCUT2D eigenvalue weighted by atomic mass is 9.99. The maximum atomic E-state index is 11.0. The van der Waals surface area contributed by atoms with Crippen molar-refractivity contribution in [3.8, 4) is 0 Å². The summed E-state index contributed by atoms with van der Waals surface area (Å²) in [6, 6.07) is 0. The molecule has 0 heterocycles. The molecular formula is C10H15NO. The van der Waals surface area contributed by atoms with Crippen molar-refractivity contribution >= 4 is 5.78 Å². The molecule has 0 aromatic heterocycles. The number of rotatable bonds is 2. The molecule has 0 unspecified atom stereocenters. The highest BCUT2D eigenvalue weighted by molar-refractivity contribution is 5.91. The first kappa shape index (κ1) is 9.04. The summed E-state index contributed by atoms with van der Waals surface area (Å²) in [6.07, 6.45) is 8.50. The third kappa shape index (κ3) is 2.91. The van der Waals surface area contributed by atoms with E-state index >= 15 is 0 Å². The van der Waals surface area contributed by atoms with E-state index in [1.807, 2.05) is 31.3 Å². The number of hydrogen-bond donors (Lipinski definition) is 0. The fourth-order valence-electron chi connectivity index (χ4n) is 1.19. The van der Waals surface area contributed by atoms with Crippen LogP contribution in [0.25, 0.3) is 0 Å². The Morgan fingerprint density at radius 1 is 1.42 bits per heavy atom. The summed E-state index contributed by atoms with van der Waals surface area (Å²) >= 11 is 0. The normalized spacial score (nSPS) is 18.2. The number of nitrogens with zero attached hydrogens (tertiary/aromatic N) is 1. The number of allylic oxidation sites excluding steroid dienone is 3. The van der Waals surface area contributed by atoms with Crippen LogP contribution in [0.15, 0.2) is 23.9 Å². The molecule has 66 valence electrons. The molecule has 1 aliphatic rings. The fraction of sp³-hybridized carbons (Fsp3) is 0.500. The molecular weight excluding hydrogens is 150 g/mol. The van der Waals surface area contributed by atoms with Crippen LogP contribution in [0.1, 0.15) is 19.3 Å². The summed E-state index contributed by atoms with van der Waals surface area (Å²) in [5.41, 5.74) is 1.15. The zero-order valence-electron chi connectivity index (χ0n) is 7.71. The predicted octanol–water partition coefficient (Wildman–Crippen LogP) is 1.74.